The highest BCUT2D eigenvalue weighted by molar-refractivity contribution is 6.38. The van der Waals surface area contributed by atoms with E-state index in [9.17, 15) is 0 Å². The second-order valence-corrected chi connectivity index (χ2v) is 15.3. The molecule has 0 saturated heterocycles. The van der Waals surface area contributed by atoms with E-state index >= 15 is 0 Å². The van der Waals surface area contributed by atoms with Crippen LogP contribution in [0, 0.1) is 0 Å². The molecule has 0 atom stereocenters. The van der Waals surface area contributed by atoms with E-state index < -0.39 is 0 Å². The molecule has 0 bridgehead atoms. The highest BCUT2D eigenvalue weighted by Gasteiger charge is 2.28. The number of para-hydroxylation sites is 2. The largest absolute Gasteiger partial charge is 0.454 e. The summed E-state index contributed by atoms with van der Waals surface area (Å²) in [6.07, 6.45) is 0. The van der Waals surface area contributed by atoms with Crippen molar-refractivity contribution < 1.29 is 4.42 Å². The first-order valence-electron chi connectivity index (χ1n) is 19.4. The zero-order valence-electron chi connectivity index (χ0n) is 30.4. The summed E-state index contributed by atoms with van der Waals surface area (Å²) in [5.41, 5.74) is 10.0. The molecule has 5 heterocycles. The third-order valence-electron chi connectivity index (χ3n) is 12.4. The van der Waals surface area contributed by atoms with Crippen LogP contribution in [0.25, 0.3) is 131 Å². The maximum absolute atomic E-state index is 6.99. The molecule has 0 fully saturated rings. The van der Waals surface area contributed by atoms with Crippen LogP contribution in [0.3, 0.4) is 0 Å². The lowest BCUT2D eigenvalue weighted by atomic mass is 9.98. The zero-order chi connectivity index (χ0) is 36.9. The number of aromatic nitrogens is 4. The van der Waals surface area contributed by atoms with E-state index in [2.05, 4.69) is 173 Å². The SMILES string of the molecule is c1ccc(-c2nc(-n3c4cccc5c4c4c3c3oc6ccccc6c3cc4n3c4ccccc4c4cc6ccccc6c5c43)nc3c2ccc2ccccc23)cc1. The molecule has 5 aromatic heterocycles. The zero-order valence-corrected chi connectivity index (χ0v) is 30.4. The van der Waals surface area contributed by atoms with Crippen molar-refractivity contribution in [3.05, 3.63) is 170 Å². The van der Waals surface area contributed by atoms with E-state index in [1.165, 1.54) is 43.4 Å². The Morgan fingerprint density at radius 3 is 2.02 bits per heavy atom. The Balaban J connectivity index is 1.31. The fraction of sp³-hybridized carbons (Fsp3) is 0. The Morgan fingerprint density at radius 2 is 1.12 bits per heavy atom. The van der Waals surface area contributed by atoms with Gasteiger partial charge in [0.25, 0.3) is 0 Å². The maximum atomic E-state index is 6.99. The molecule has 14 aromatic rings. The van der Waals surface area contributed by atoms with Gasteiger partial charge in [0.05, 0.1) is 33.3 Å². The summed E-state index contributed by atoms with van der Waals surface area (Å²) in [6.45, 7) is 0. The molecule has 0 aliphatic heterocycles. The molecule has 57 heavy (non-hydrogen) atoms. The van der Waals surface area contributed by atoms with Gasteiger partial charge in [-0.2, -0.15) is 0 Å². The van der Waals surface area contributed by atoms with Crippen molar-refractivity contribution in [1.29, 1.82) is 0 Å². The van der Waals surface area contributed by atoms with Crippen LogP contribution in [-0.4, -0.2) is 18.9 Å². The van der Waals surface area contributed by atoms with Crippen molar-refractivity contribution >= 4 is 114 Å². The average Bonchev–Trinajstić information content (AvgIpc) is 3.90. The first-order valence-corrected chi connectivity index (χ1v) is 19.4. The van der Waals surface area contributed by atoms with Gasteiger partial charge in [0.1, 0.15) is 11.1 Å². The minimum absolute atomic E-state index is 0.606. The molecule has 0 N–H and O–H groups in total. The van der Waals surface area contributed by atoms with E-state index in [4.69, 9.17) is 14.4 Å². The van der Waals surface area contributed by atoms with Gasteiger partial charge in [-0.25, -0.2) is 9.97 Å². The molecule has 0 amide bonds. The predicted octanol–water partition coefficient (Wildman–Crippen LogP) is 13.7. The minimum Gasteiger partial charge on any atom is -0.454 e. The van der Waals surface area contributed by atoms with Crippen LogP contribution in [0.4, 0.5) is 0 Å². The van der Waals surface area contributed by atoms with Crippen LogP contribution in [-0.2, 0) is 0 Å². The molecule has 14 rings (SSSR count). The number of furan rings is 1. The maximum Gasteiger partial charge on any atom is 0.235 e. The molecule has 5 nitrogen and oxygen atoms in total. The van der Waals surface area contributed by atoms with Gasteiger partial charge in [0, 0.05) is 54.0 Å². The van der Waals surface area contributed by atoms with Crippen molar-refractivity contribution in [3.8, 4) is 17.2 Å². The van der Waals surface area contributed by atoms with Gasteiger partial charge in [-0.3, -0.25) is 4.57 Å². The van der Waals surface area contributed by atoms with Crippen molar-refractivity contribution in [1.82, 2.24) is 18.9 Å². The lowest BCUT2D eigenvalue weighted by Crippen LogP contribution is -2.04. The Hall–Kier alpha value is -7.76. The van der Waals surface area contributed by atoms with E-state index in [1.54, 1.807) is 0 Å². The van der Waals surface area contributed by atoms with Crippen molar-refractivity contribution in [3.63, 3.8) is 0 Å². The Kier molecular flexibility index (Phi) is 5.45. The molecule has 0 spiro atoms. The van der Waals surface area contributed by atoms with Gasteiger partial charge in [0.15, 0.2) is 5.58 Å². The predicted molar refractivity (Wildman–Crippen MR) is 236 cm³/mol. The number of nitrogens with zero attached hydrogens (tertiary/aromatic N) is 4. The van der Waals surface area contributed by atoms with Crippen LogP contribution in [0.1, 0.15) is 0 Å². The number of hydrogen-bond acceptors (Lipinski definition) is 3. The van der Waals surface area contributed by atoms with Crippen LogP contribution in [0.15, 0.2) is 174 Å². The van der Waals surface area contributed by atoms with Gasteiger partial charge < -0.3 is 8.82 Å². The molecular weight excluding hydrogens is 697 g/mol. The normalized spacial score (nSPS) is 12.6. The van der Waals surface area contributed by atoms with Crippen LogP contribution in [0.5, 0.6) is 0 Å². The summed E-state index contributed by atoms with van der Waals surface area (Å²) in [4.78, 5) is 11.1. The standard InChI is InChI=1S/C52H28N4O/c1-2-14-30(15-3-1)47-37-26-25-29-13-4-7-18-33(29)48(37)54-52(53-47)56-41-23-12-21-36-44-32-17-6-5-16-31(32)27-38-34-19-8-10-22-40(34)55(49(38)44)42-28-39-35-20-9-11-24-43(35)57-51(39)50(56)46(42)45(36)41/h1-28H. The average molecular weight is 725 g/mol. The highest BCUT2D eigenvalue weighted by atomic mass is 16.3. The smallest absolute Gasteiger partial charge is 0.235 e. The molecule has 0 unspecified atom stereocenters. The highest BCUT2D eigenvalue weighted by Crippen LogP contribution is 2.49. The van der Waals surface area contributed by atoms with Crippen LogP contribution < -0.4 is 0 Å². The summed E-state index contributed by atoms with van der Waals surface area (Å²) in [7, 11) is 0. The van der Waals surface area contributed by atoms with E-state index in [1.807, 2.05) is 6.07 Å². The summed E-state index contributed by atoms with van der Waals surface area (Å²) in [5.74, 6) is 0.606. The number of fused-ring (bicyclic) bond motifs is 14. The Labute approximate surface area is 323 Å². The lowest BCUT2D eigenvalue weighted by Gasteiger charge is -2.14. The molecular formula is C52H28N4O. The minimum atomic E-state index is 0.606. The number of benzene rings is 9. The molecule has 0 radical (unpaired) electrons. The fourth-order valence-electron chi connectivity index (χ4n) is 10.1. The van der Waals surface area contributed by atoms with Crippen molar-refractivity contribution in [2.45, 2.75) is 0 Å². The molecule has 0 aliphatic rings. The second-order valence-electron chi connectivity index (χ2n) is 15.3. The Bertz CT molecular complexity index is 4040. The summed E-state index contributed by atoms with van der Waals surface area (Å²) >= 11 is 0. The van der Waals surface area contributed by atoms with Crippen LogP contribution >= 0.6 is 0 Å². The molecule has 5 heteroatoms. The molecule has 0 saturated carbocycles. The monoisotopic (exact) mass is 724 g/mol. The lowest BCUT2D eigenvalue weighted by molar-refractivity contribution is 0.671. The van der Waals surface area contributed by atoms with Gasteiger partial charge in [0.2, 0.25) is 5.95 Å². The molecule has 9 aromatic carbocycles. The quantitative estimate of drug-likeness (QED) is 0.167. The third kappa shape index (κ3) is 3.69. The van der Waals surface area contributed by atoms with Gasteiger partial charge in [-0.15, -0.1) is 0 Å². The Morgan fingerprint density at radius 1 is 0.404 bits per heavy atom. The van der Waals surface area contributed by atoms with Crippen molar-refractivity contribution in [2.75, 3.05) is 0 Å². The first kappa shape index (κ1) is 29.6. The molecule has 262 valence electrons. The number of rotatable bonds is 2. The molecule has 0 aliphatic carbocycles. The van der Waals surface area contributed by atoms with Gasteiger partial charge >= 0.3 is 0 Å². The fourth-order valence-corrected chi connectivity index (χ4v) is 10.1. The summed E-state index contributed by atoms with van der Waals surface area (Å²) < 4.78 is 11.8. The van der Waals surface area contributed by atoms with E-state index in [-0.39, 0.29) is 0 Å². The van der Waals surface area contributed by atoms with Crippen molar-refractivity contribution in [2.24, 2.45) is 0 Å². The van der Waals surface area contributed by atoms with E-state index in [0.29, 0.717) is 5.95 Å². The van der Waals surface area contributed by atoms with Gasteiger partial charge in [-0.1, -0.05) is 133 Å². The van der Waals surface area contributed by atoms with E-state index in [0.717, 1.165) is 82.2 Å². The summed E-state index contributed by atoms with van der Waals surface area (Å²) in [5, 5.41) is 15.0. The number of hydrogen-bond donors (Lipinski definition) is 0. The van der Waals surface area contributed by atoms with Crippen LogP contribution in [0.2, 0.25) is 0 Å². The van der Waals surface area contributed by atoms with Gasteiger partial charge in [-0.05, 0) is 57.9 Å². The topological polar surface area (TPSA) is 48.3 Å². The summed E-state index contributed by atoms with van der Waals surface area (Å²) in [6, 6.07) is 60.9. The third-order valence-corrected chi connectivity index (χ3v) is 12.4. The first-order chi connectivity index (χ1) is 28.3. The second kappa shape index (κ2) is 10.5.